The Bertz CT molecular complexity index is 277. The fraction of sp³-hybridized carbons (Fsp3) is 1.00. The Kier molecular flexibility index (Phi) is 6.23. The molecule has 0 bridgehead atoms. The van der Waals surface area contributed by atoms with Crippen LogP contribution in [0.1, 0.15) is 46.0 Å². The van der Waals surface area contributed by atoms with Crippen LogP contribution in [-0.2, 0) is 14.2 Å². The van der Waals surface area contributed by atoms with Gasteiger partial charge in [-0.15, -0.1) is 0 Å². The van der Waals surface area contributed by atoms with E-state index in [-0.39, 0.29) is 17.7 Å². The van der Waals surface area contributed by atoms with E-state index in [0.29, 0.717) is 5.92 Å². The van der Waals surface area contributed by atoms with Crippen LogP contribution >= 0.6 is 0 Å². The second-order valence-corrected chi connectivity index (χ2v) is 5.99. The normalized spacial score (nSPS) is 29.2. The zero-order valence-corrected chi connectivity index (χ0v) is 12.9. The van der Waals surface area contributed by atoms with E-state index in [4.69, 9.17) is 20.1 Å². The van der Waals surface area contributed by atoms with Crippen molar-refractivity contribution in [3.05, 3.63) is 0 Å². The topological polar surface area (TPSA) is 65.7 Å². The molecule has 3 unspecified atom stereocenters. The molecule has 2 fully saturated rings. The van der Waals surface area contributed by atoms with Crippen LogP contribution in [0.4, 0.5) is 0 Å². The number of nitrogens with two attached hydrogens (primary N) is 1. The molecule has 0 aliphatic carbocycles. The third-order valence-corrected chi connectivity index (χ3v) is 4.82. The Hall–Kier alpha value is -0.200. The number of hydrazine groups is 1. The molecular weight excluding hydrogens is 256 g/mol. The van der Waals surface area contributed by atoms with Crippen LogP contribution in [0, 0.1) is 5.92 Å². The van der Waals surface area contributed by atoms with Crippen molar-refractivity contribution in [2.75, 3.05) is 26.4 Å². The minimum atomic E-state index is 0.0147. The first kappa shape index (κ1) is 16.2. The minimum absolute atomic E-state index is 0.0147. The number of ether oxygens (including phenoxy) is 3. The molecule has 1 spiro atoms. The maximum atomic E-state index is 6.12. The monoisotopic (exact) mass is 286 g/mol. The van der Waals surface area contributed by atoms with Gasteiger partial charge in [-0.25, -0.2) is 0 Å². The van der Waals surface area contributed by atoms with E-state index in [0.717, 1.165) is 58.5 Å². The number of rotatable bonds is 6. The van der Waals surface area contributed by atoms with Crippen LogP contribution in [0.2, 0.25) is 0 Å². The molecule has 118 valence electrons. The third-order valence-electron chi connectivity index (χ3n) is 4.82. The Labute approximate surface area is 122 Å². The molecule has 2 aliphatic rings. The molecule has 0 aromatic heterocycles. The molecule has 0 radical (unpaired) electrons. The highest BCUT2D eigenvalue weighted by atomic mass is 16.5. The summed E-state index contributed by atoms with van der Waals surface area (Å²) in [5, 5.41) is 0. The Balaban J connectivity index is 2.01. The van der Waals surface area contributed by atoms with Gasteiger partial charge in [0.1, 0.15) is 0 Å². The van der Waals surface area contributed by atoms with Gasteiger partial charge >= 0.3 is 0 Å². The van der Waals surface area contributed by atoms with Gasteiger partial charge in [-0.05, 0) is 44.9 Å². The summed E-state index contributed by atoms with van der Waals surface area (Å²) in [4.78, 5) is 0. The van der Waals surface area contributed by atoms with E-state index in [1.807, 2.05) is 6.92 Å². The largest absolute Gasteiger partial charge is 0.381 e. The molecule has 2 aliphatic heterocycles. The zero-order valence-electron chi connectivity index (χ0n) is 12.9. The lowest BCUT2D eigenvalue weighted by atomic mass is 9.76. The standard InChI is InChI=1S/C15H30N2O3/c1-3-13(19-4-2)14(17-16)12-5-8-20-15(11-12)6-9-18-10-7-15/h12-14,17H,3-11,16H2,1-2H3. The molecular formula is C15H30N2O3. The number of hydrogen-bond acceptors (Lipinski definition) is 5. The highest BCUT2D eigenvalue weighted by Crippen LogP contribution is 2.39. The fourth-order valence-corrected chi connectivity index (χ4v) is 3.70. The van der Waals surface area contributed by atoms with Crippen LogP contribution < -0.4 is 11.3 Å². The van der Waals surface area contributed by atoms with Gasteiger partial charge in [-0.1, -0.05) is 6.92 Å². The van der Waals surface area contributed by atoms with Gasteiger partial charge in [0, 0.05) is 26.4 Å². The van der Waals surface area contributed by atoms with E-state index >= 15 is 0 Å². The van der Waals surface area contributed by atoms with Crippen molar-refractivity contribution in [1.82, 2.24) is 5.43 Å². The molecule has 0 saturated carbocycles. The summed E-state index contributed by atoms with van der Waals surface area (Å²) in [6, 6.07) is 0.212. The summed E-state index contributed by atoms with van der Waals surface area (Å²) in [5.41, 5.74) is 3.03. The maximum absolute atomic E-state index is 6.12. The zero-order chi connectivity index (χ0) is 14.4. The van der Waals surface area contributed by atoms with Crippen molar-refractivity contribution in [1.29, 1.82) is 0 Å². The average molecular weight is 286 g/mol. The highest BCUT2D eigenvalue weighted by molar-refractivity contribution is 4.94. The molecule has 2 saturated heterocycles. The van der Waals surface area contributed by atoms with Gasteiger partial charge in [0.15, 0.2) is 0 Å². The first-order valence-electron chi connectivity index (χ1n) is 8.04. The first-order chi connectivity index (χ1) is 9.74. The van der Waals surface area contributed by atoms with Crippen molar-refractivity contribution < 1.29 is 14.2 Å². The molecule has 0 aromatic rings. The first-order valence-corrected chi connectivity index (χ1v) is 8.04. The minimum Gasteiger partial charge on any atom is -0.381 e. The van der Waals surface area contributed by atoms with Gasteiger partial charge in [-0.2, -0.15) is 0 Å². The van der Waals surface area contributed by atoms with Crippen LogP contribution in [0.15, 0.2) is 0 Å². The highest BCUT2D eigenvalue weighted by Gasteiger charge is 2.42. The average Bonchev–Trinajstić information content (AvgIpc) is 2.48. The van der Waals surface area contributed by atoms with Gasteiger partial charge in [0.25, 0.3) is 0 Å². The van der Waals surface area contributed by atoms with Gasteiger partial charge in [0.05, 0.1) is 17.7 Å². The predicted molar refractivity (Wildman–Crippen MR) is 78.3 cm³/mol. The SMILES string of the molecule is CCOC(CC)C(NN)C1CCOC2(CCOCC2)C1. The van der Waals surface area contributed by atoms with Crippen LogP contribution in [0.3, 0.4) is 0 Å². The summed E-state index contributed by atoms with van der Waals surface area (Å²) >= 11 is 0. The lowest BCUT2D eigenvalue weighted by Gasteiger charge is -2.46. The van der Waals surface area contributed by atoms with Crippen LogP contribution in [0.25, 0.3) is 0 Å². The van der Waals surface area contributed by atoms with Crippen molar-refractivity contribution in [3.63, 3.8) is 0 Å². The molecule has 2 rings (SSSR count). The van der Waals surface area contributed by atoms with E-state index < -0.39 is 0 Å². The Morgan fingerprint density at radius 2 is 2.05 bits per heavy atom. The van der Waals surface area contributed by atoms with Gasteiger partial charge in [-0.3, -0.25) is 11.3 Å². The smallest absolute Gasteiger partial charge is 0.0741 e. The lowest BCUT2D eigenvalue weighted by Crippen LogP contribution is -2.55. The predicted octanol–water partition coefficient (Wildman–Crippen LogP) is 1.61. The summed E-state index contributed by atoms with van der Waals surface area (Å²) in [6.45, 7) is 7.39. The quantitative estimate of drug-likeness (QED) is 0.573. The molecule has 5 heteroatoms. The van der Waals surface area contributed by atoms with Crippen molar-refractivity contribution in [3.8, 4) is 0 Å². The van der Waals surface area contributed by atoms with Crippen molar-refractivity contribution in [2.45, 2.75) is 63.7 Å². The number of nitrogens with one attached hydrogen (secondary N) is 1. The van der Waals surface area contributed by atoms with E-state index in [9.17, 15) is 0 Å². The summed E-state index contributed by atoms with van der Waals surface area (Å²) in [7, 11) is 0. The molecule has 2 heterocycles. The van der Waals surface area contributed by atoms with Gasteiger partial charge in [0.2, 0.25) is 0 Å². The molecule has 3 N–H and O–H groups in total. The lowest BCUT2D eigenvalue weighted by molar-refractivity contribution is -0.155. The summed E-state index contributed by atoms with van der Waals surface area (Å²) in [6.07, 6.45) is 5.30. The van der Waals surface area contributed by atoms with Crippen LogP contribution in [0.5, 0.6) is 0 Å². The van der Waals surface area contributed by atoms with E-state index in [1.165, 1.54) is 0 Å². The fourth-order valence-electron chi connectivity index (χ4n) is 3.70. The molecule has 20 heavy (non-hydrogen) atoms. The summed E-state index contributed by atoms with van der Waals surface area (Å²) in [5.74, 6) is 6.35. The second-order valence-electron chi connectivity index (χ2n) is 5.99. The second kappa shape index (κ2) is 7.71. The van der Waals surface area contributed by atoms with Crippen LogP contribution in [-0.4, -0.2) is 44.2 Å². The van der Waals surface area contributed by atoms with E-state index in [2.05, 4.69) is 12.3 Å². The molecule has 5 nitrogen and oxygen atoms in total. The van der Waals surface area contributed by atoms with Gasteiger partial charge < -0.3 is 14.2 Å². The number of hydrogen-bond donors (Lipinski definition) is 2. The van der Waals surface area contributed by atoms with Crippen molar-refractivity contribution >= 4 is 0 Å². The Morgan fingerprint density at radius 1 is 1.30 bits per heavy atom. The Morgan fingerprint density at radius 3 is 2.65 bits per heavy atom. The molecule has 3 atom stereocenters. The van der Waals surface area contributed by atoms with Crippen molar-refractivity contribution in [2.24, 2.45) is 11.8 Å². The molecule has 0 amide bonds. The maximum Gasteiger partial charge on any atom is 0.0741 e. The third kappa shape index (κ3) is 3.71. The van der Waals surface area contributed by atoms with E-state index in [1.54, 1.807) is 0 Å². The summed E-state index contributed by atoms with van der Waals surface area (Å²) < 4.78 is 17.5. The molecule has 0 aromatic carbocycles.